The fourth-order valence-corrected chi connectivity index (χ4v) is 0.994. The van der Waals surface area contributed by atoms with Crippen molar-refractivity contribution in [1.29, 1.82) is 5.26 Å². The minimum Gasteiger partial charge on any atom is -0.359 e. The number of aromatic nitrogens is 3. The molecule has 0 unspecified atom stereocenters. The smallest absolute Gasteiger partial charge is 0.175 e. The Balaban J connectivity index is 2.40. The monoisotopic (exact) mass is 170 g/mol. The van der Waals surface area contributed by atoms with Crippen LogP contribution in [0.3, 0.4) is 0 Å². The largest absolute Gasteiger partial charge is 0.359 e. The summed E-state index contributed by atoms with van der Waals surface area (Å²) in [4.78, 5) is 11.0. The fourth-order valence-electron chi connectivity index (χ4n) is 0.994. The molecular formula is C9H6N4. The van der Waals surface area contributed by atoms with Crippen LogP contribution in [0.5, 0.6) is 0 Å². The first kappa shape index (κ1) is 7.50. The first-order valence-corrected chi connectivity index (χ1v) is 3.76. The molecule has 0 saturated carbocycles. The predicted octanol–water partition coefficient (Wildman–Crippen LogP) is 1.34. The normalized spacial score (nSPS) is 9.46. The molecule has 62 valence electrons. The van der Waals surface area contributed by atoms with Crippen molar-refractivity contribution in [2.45, 2.75) is 0 Å². The van der Waals surface area contributed by atoms with Crippen molar-refractivity contribution in [3.8, 4) is 17.6 Å². The molecule has 0 aliphatic carbocycles. The third kappa shape index (κ3) is 1.40. The highest BCUT2D eigenvalue weighted by atomic mass is 14.9. The Kier molecular flexibility index (Phi) is 1.77. The number of nitriles is 1. The maximum atomic E-state index is 8.52. The van der Waals surface area contributed by atoms with E-state index in [4.69, 9.17) is 5.26 Å². The number of nitrogens with zero attached hydrogens (tertiary/aromatic N) is 3. The molecule has 0 spiro atoms. The molecule has 0 aromatic carbocycles. The molecule has 13 heavy (non-hydrogen) atoms. The van der Waals surface area contributed by atoms with E-state index in [-0.39, 0.29) is 0 Å². The Bertz CT molecular complexity index is 422. The van der Waals surface area contributed by atoms with Crippen LogP contribution in [0, 0.1) is 11.3 Å². The summed E-state index contributed by atoms with van der Waals surface area (Å²) in [5, 5.41) is 8.52. The van der Waals surface area contributed by atoms with E-state index in [9.17, 15) is 0 Å². The van der Waals surface area contributed by atoms with Gasteiger partial charge >= 0.3 is 0 Å². The Morgan fingerprint density at radius 1 is 1.31 bits per heavy atom. The minimum atomic E-state index is 0.468. The average molecular weight is 170 g/mol. The summed E-state index contributed by atoms with van der Waals surface area (Å²) in [6.45, 7) is 0. The highest BCUT2D eigenvalue weighted by Crippen LogP contribution is 2.09. The Morgan fingerprint density at radius 3 is 2.62 bits per heavy atom. The zero-order valence-corrected chi connectivity index (χ0v) is 6.73. The number of rotatable bonds is 1. The van der Waals surface area contributed by atoms with E-state index in [0.29, 0.717) is 11.4 Å². The summed E-state index contributed by atoms with van der Waals surface area (Å²) in [6.07, 6.45) is 4.81. The van der Waals surface area contributed by atoms with Gasteiger partial charge in [0.1, 0.15) is 6.07 Å². The summed E-state index contributed by atoms with van der Waals surface area (Å²) in [5.41, 5.74) is 1.32. The zero-order chi connectivity index (χ0) is 9.10. The molecule has 0 fully saturated rings. The van der Waals surface area contributed by atoms with Gasteiger partial charge in [0.05, 0.1) is 11.3 Å². The van der Waals surface area contributed by atoms with Crippen LogP contribution in [0.15, 0.2) is 30.7 Å². The molecular weight excluding hydrogens is 164 g/mol. The summed E-state index contributed by atoms with van der Waals surface area (Å²) in [7, 11) is 0. The van der Waals surface area contributed by atoms with E-state index in [1.54, 1.807) is 6.20 Å². The van der Waals surface area contributed by atoms with Gasteiger partial charge < -0.3 is 4.98 Å². The van der Waals surface area contributed by atoms with Gasteiger partial charge in [-0.05, 0) is 12.1 Å². The van der Waals surface area contributed by atoms with Gasteiger partial charge in [0.2, 0.25) is 0 Å². The average Bonchev–Trinajstić information content (AvgIpc) is 2.71. The van der Waals surface area contributed by atoms with Crippen LogP contribution in [0.2, 0.25) is 0 Å². The van der Waals surface area contributed by atoms with Crippen molar-refractivity contribution in [1.82, 2.24) is 15.0 Å². The molecule has 0 radical (unpaired) electrons. The molecule has 4 heteroatoms. The van der Waals surface area contributed by atoms with Gasteiger partial charge in [-0.25, -0.2) is 9.97 Å². The van der Waals surface area contributed by atoms with Gasteiger partial charge in [-0.15, -0.1) is 0 Å². The van der Waals surface area contributed by atoms with E-state index in [1.165, 1.54) is 12.4 Å². The highest BCUT2D eigenvalue weighted by molar-refractivity contribution is 5.48. The zero-order valence-electron chi connectivity index (χ0n) is 6.73. The maximum absolute atomic E-state index is 8.52. The third-order valence-corrected chi connectivity index (χ3v) is 1.62. The van der Waals surface area contributed by atoms with Crippen molar-refractivity contribution in [3.05, 3.63) is 36.3 Å². The summed E-state index contributed by atoms with van der Waals surface area (Å²) in [5.74, 6) is 0.601. The number of H-pyrrole nitrogens is 1. The van der Waals surface area contributed by atoms with E-state index in [2.05, 4.69) is 15.0 Å². The van der Waals surface area contributed by atoms with Crippen molar-refractivity contribution < 1.29 is 0 Å². The van der Waals surface area contributed by atoms with Crippen LogP contribution in [0.1, 0.15) is 5.56 Å². The molecule has 0 aliphatic heterocycles. The van der Waals surface area contributed by atoms with Gasteiger partial charge in [-0.1, -0.05) is 0 Å². The number of aromatic amines is 1. The molecule has 0 amide bonds. The Hall–Kier alpha value is -2.15. The molecule has 0 aliphatic rings. The molecule has 2 rings (SSSR count). The van der Waals surface area contributed by atoms with Gasteiger partial charge in [0.25, 0.3) is 0 Å². The minimum absolute atomic E-state index is 0.468. The standard InChI is InChI=1S/C9H6N4/c10-4-7-5-12-9(13-6-7)8-2-1-3-11-8/h1-3,5-6,11H. The lowest BCUT2D eigenvalue weighted by Crippen LogP contribution is -1.89. The molecule has 4 nitrogen and oxygen atoms in total. The molecule has 0 bridgehead atoms. The second kappa shape index (κ2) is 3.07. The topological polar surface area (TPSA) is 65.4 Å². The summed E-state index contributed by atoms with van der Waals surface area (Å²) >= 11 is 0. The predicted molar refractivity (Wildman–Crippen MR) is 46.5 cm³/mol. The molecule has 1 N–H and O–H groups in total. The lowest BCUT2D eigenvalue weighted by molar-refractivity contribution is 1.14. The van der Waals surface area contributed by atoms with Crippen molar-refractivity contribution in [3.63, 3.8) is 0 Å². The molecule has 2 heterocycles. The second-order valence-electron chi connectivity index (χ2n) is 2.49. The van der Waals surface area contributed by atoms with Gasteiger partial charge in [0, 0.05) is 18.6 Å². The fraction of sp³-hybridized carbons (Fsp3) is 0. The van der Waals surface area contributed by atoms with Crippen LogP contribution in [-0.2, 0) is 0 Å². The van der Waals surface area contributed by atoms with E-state index in [1.807, 2.05) is 18.2 Å². The molecule has 2 aromatic rings. The van der Waals surface area contributed by atoms with Crippen LogP contribution in [-0.4, -0.2) is 15.0 Å². The van der Waals surface area contributed by atoms with Crippen molar-refractivity contribution in [2.75, 3.05) is 0 Å². The number of hydrogen-bond donors (Lipinski definition) is 1. The van der Waals surface area contributed by atoms with Crippen LogP contribution in [0.25, 0.3) is 11.5 Å². The second-order valence-corrected chi connectivity index (χ2v) is 2.49. The van der Waals surface area contributed by atoms with Gasteiger partial charge in [-0.3, -0.25) is 0 Å². The van der Waals surface area contributed by atoms with Gasteiger partial charge in [0.15, 0.2) is 5.82 Å². The first-order valence-electron chi connectivity index (χ1n) is 3.76. The lowest BCUT2D eigenvalue weighted by atomic mass is 10.3. The third-order valence-electron chi connectivity index (χ3n) is 1.62. The van der Waals surface area contributed by atoms with Crippen LogP contribution < -0.4 is 0 Å². The number of hydrogen-bond acceptors (Lipinski definition) is 3. The Labute approximate surface area is 74.9 Å². The first-order chi connectivity index (χ1) is 6.40. The Morgan fingerprint density at radius 2 is 2.08 bits per heavy atom. The quantitative estimate of drug-likeness (QED) is 0.702. The molecule has 0 saturated heterocycles. The van der Waals surface area contributed by atoms with Crippen molar-refractivity contribution >= 4 is 0 Å². The summed E-state index contributed by atoms with van der Waals surface area (Å²) in [6, 6.07) is 5.71. The van der Waals surface area contributed by atoms with E-state index >= 15 is 0 Å². The van der Waals surface area contributed by atoms with E-state index < -0.39 is 0 Å². The van der Waals surface area contributed by atoms with Crippen LogP contribution >= 0.6 is 0 Å². The van der Waals surface area contributed by atoms with E-state index in [0.717, 1.165) is 5.69 Å². The van der Waals surface area contributed by atoms with Crippen LogP contribution in [0.4, 0.5) is 0 Å². The SMILES string of the molecule is N#Cc1cnc(-c2ccc[nH]2)nc1. The highest BCUT2D eigenvalue weighted by Gasteiger charge is 2.00. The maximum Gasteiger partial charge on any atom is 0.175 e. The lowest BCUT2D eigenvalue weighted by Gasteiger charge is -1.94. The van der Waals surface area contributed by atoms with Gasteiger partial charge in [-0.2, -0.15) is 5.26 Å². The molecule has 2 aromatic heterocycles. The number of nitrogens with one attached hydrogen (secondary N) is 1. The van der Waals surface area contributed by atoms with Crippen molar-refractivity contribution in [2.24, 2.45) is 0 Å². The summed E-state index contributed by atoms with van der Waals surface area (Å²) < 4.78 is 0. The molecule has 0 atom stereocenters.